The summed E-state index contributed by atoms with van der Waals surface area (Å²) >= 11 is 2.20. The average molecular weight is 418 g/mol. The summed E-state index contributed by atoms with van der Waals surface area (Å²) in [7, 11) is 0. The van der Waals surface area contributed by atoms with Gasteiger partial charge in [-0.2, -0.15) is 5.10 Å². The smallest absolute Gasteiger partial charge is 0.246 e. The van der Waals surface area contributed by atoms with E-state index in [1.54, 1.807) is 4.68 Å². The summed E-state index contributed by atoms with van der Waals surface area (Å²) in [6.07, 6.45) is 0. The number of halogens is 1. The SMILES string of the molecule is Cc1nc(-c2ccccc2)n(CC(=O)Nc2ccccc2I)n1. The molecule has 1 N–H and O–H groups in total. The summed E-state index contributed by atoms with van der Waals surface area (Å²) in [6, 6.07) is 17.4. The maximum atomic E-state index is 12.3. The molecule has 6 heteroatoms. The highest BCUT2D eigenvalue weighted by Crippen LogP contribution is 2.19. The molecule has 0 unspecified atom stereocenters. The largest absolute Gasteiger partial charge is 0.324 e. The van der Waals surface area contributed by atoms with Gasteiger partial charge >= 0.3 is 0 Å². The zero-order valence-corrected chi connectivity index (χ0v) is 14.7. The third kappa shape index (κ3) is 3.76. The molecule has 0 fully saturated rings. The van der Waals surface area contributed by atoms with E-state index in [9.17, 15) is 4.79 Å². The number of benzene rings is 2. The first-order chi connectivity index (χ1) is 11.1. The molecule has 23 heavy (non-hydrogen) atoms. The van der Waals surface area contributed by atoms with E-state index in [-0.39, 0.29) is 12.5 Å². The number of anilines is 1. The lowest BCUT2D eigenvalue weighted by Crippen LogP contribution is -2.20. The maximum absolute atomic E-state index is 12.3. The molecule has 3 rings (SSSR count). The van der Waals surface area contributed by atoms with Crippen LogP contribution in [0.15, 0.2) is 54.6 Å². The summed E-state index contributed by atoms with van der Waals surface area (Å²) in [5, 5.41) is 7.25. The summed E-state index contributed by atoms with van der Waals surface area (Å²) in [5.74, 6) is 1.21. The van der Waals surface area contributed by atoms with Crippen molar-refractivity contribution in [2.45, 2.75) is 13.5 Å². The molecule has 0 radical (unpaired) electrons. The van der Waals surface area contributed by atoms with Gasteiger partial charge < -0.3 is 5.32 Å². The van der Waals surface area contributed by atoms with Crippen LogP contribution >= 0.6 is 22.6 Å². The van der Waals surface area contributed by atoms with Crippen molar-refractivity contribution in [3.63, 3.8) is 0 Å². The summed E-state index contributed by atoms with van der Waals surface area (Å²) in [6.45, 7) is 1.94. The van der Waals surface area contributed by atoms with Crippen LogP contribution in [0, 0.1) is 10.5 Å². The van der Waals surface area contributed by atoms with Crippen LogP contribution in [0.2, 0.25) is 0 Å². The second-order valence-corrected chi connectivity index (χ2v) is 6.20. The summed E-state index contributed by atoms with van der Waals surface area (Å²) in [5.41, 5.74) is 1.74. The molecule has 0 saturated heterocycles. The van der Waals surface area contributed by atoms with Gasteiger partial charge in [-0.1, -0.05) is 42.5 Å². The molecule has 0 atom stereocenters. The molecule has 3 aromatic rings. The lowest BCUT2D eigenvalue weighted by Gasteiger charge is -2.09. The number of nitrogens with one attached hydrogen (secondary N) is 1. The van der Waals surface area contributed by atoms with Crippen molar-refractivity contribution >= 4 is 34.2 Å². The maximum Gasteiger partial charge on any atom is 0.246 e. The van der Waals surface area contributed by atoms with E-state index in [4.69, 9.17) is 0 Å². The molecule has 0 aliphatic rings. The second kappa shape index (κ2) is 6.91. The first-order valence-corrected chi connectivity index (χ1v) is 8.22. The molecule has 0 saturated carbocycles. The van der Waals surface area contributed by atoms with Gasteiger partial charge in [0, 0.05) is 9.13 Å². The molecule has 0 aliphatic carbocycles. The van der Waals surface area contributed by atoms with Crippen LogP contribution in [0.25, 0.3) is 11.4 Å². The van der Waals surface area contributed by atoms with Crippen molar-refractivity contribution in [3.05, 3.63) is 64.0 Å². The zero-order chi connectivity index (χ0) is 16.2. The molecule has 0 bridgehead atoms. The molecule has 5 nitrogen and oxygen atoms in total. The minimum atomic E-state index is -0.129. The Morgan fingerprint density at radius 3 is 2.57 bits per heavy atom. The fraction of sp³-hybridized carbons (Fsp3) is 0.118. The topological polar surface area (TPSA) is 59.8 Å². The van der Waals surface area contributed by atoms with Gasteiger partial charge in [-0.05, 0) is 41.6 Å². The Balaban J connectivity index is 1.81. The Hall–Kier alpha value is -2.22. The predicted octanol–water partition coefficient (Wildman–Crippen LogP) is 3.50. The predicted molar refractivity (Wildman–Crippen MR) is 98.0 cm³/mol. The number of para-hydroxylation sites is 1. The first kappa shape index (κ1) is 15.7. The zero-order valence-electron chi connectivity index (χ0n) is 12.5. The summed E-state index contributed by atoms with van der Waals surface area (Å²) < 4.78 is 2.63. The Kier molecular flexibility index (Phi) is 4.71. The van der Waals surface area contributed by atoms with Crippen LogP contribution in [-0.2, 0) is 11.3 Å². The average Bonchev–Trinajstić information content (AvgIpc) is 2.91. The number of aromatic nitrogens is 3. The number of hydrogen-bond donors (Lipinski definition) is 1. The van der Waals surface area contributed by atoms with Gasteiger partial charge in [0.05, 0.1) is 5.69 Å². The van der Waals surface area contributed by atoms with Crippen LogP contribution in [-0.4, -0.2) is 20.7 Å². The number of aryl methyl sites for hydroxylation is 1. The number of carbonyl (C=O) groups excluding carboxylic acids is 1. The molecule has 1 heterocycles. The van der Waals surface area contributed by atoms with Gasteiger partial charge in [-0.15, -0.1) is 0 Å². The third-order valence-electron chi connectivity index (χ3n) is 3.25. The van der Waals surface area contributed by atoms with Gasteiger partial charge in [0.15, 0.2) is 5.82 Å². The number of rotatable bonds is 4. The van der Waals surface area contributed by atoms with Crippen molar-refractivity contribution in [2.75, 3.05) is 5.32 Å². The Bertz CT molecular complexity index is 830. The lowest BCUT2D eigenvalue weighted by atomic mass is 10.2. The van der Waals surface area contributed by atoms with Gasteiger partial charge in [-0.25, -0.2) is 9.67 Å². The first-order valence-electron chi connectivity index (χ1n) is 7.15. The minimum absolute atomic E-state index is 0.121. The Labute approximate surface area is 147 Å². The molecule has 0 aliphatic heterocycles. The van der Waals surface area contributed by atoms with Crippen molar-refractivity contribution in [1.29, 1.82) is 0 Å². The van der Waals surface area contributed by atoms with Crippen molar-refractivity contribution in [2.24, 2.45) is 0 Å². The molecule has 1 amide bonds. The number of nitrogens with zero attached hydrogens (tertiary/aromatic N) is 3. The Morgan fingerprint density at radius 1 is 1.13 bits per heavy atom. The van der Waals surface area contributed by atoms with Crippen LogP contribution in [0.4, 0.5) is 5.69 Å². The van der Waals surface area contributed by atoms with Crippen LogP contribution in [0.5, 0.6) is 0 Å². The van der Waals surface area contributed by atoms with E-state index < -0.39 is 0 Å². The number of carbonyl (C=O) groups is 1. The fourth-order valence-electron chi connectivity index (χ4n) is 2.25. The van der Waals surface area contributed by atoms with Gasteiger partial charge in [-0.3, -0.25) is 4.79 Å². The van der Waals surface area contributed by atoms with Gasteiger partial charge in [0.25, 0.3) is 0 Å². The van der Waals surface area contributed by atoms with E-state index in [0.29, 0.717) is 11.6 Å². The van der Waals surface area contributed by atoms with Gasteiger partial charge in [0.1, 0.15) is 12.4 Å². The van der Waals surface area contributed by atoms with E-state index >= 15 is 0 Å². The quantitative estimate of drug-likeness (QED) is 0.660. The second-order valence-electron chi connectivity index (χ2n) is 5.03. The van der Waals surface area contributed by atoms with Crippen LogP contribution < -0.4 is 5.32 Å². The molecule has 0 spiro atoms. The van der Waals surface area contributed by atoms with Gasteiger partial charge in [0.2, 0.25) is 5.91 Å². The number of amides is 1. The minimum Gasteiger partial charge on any atom is -0.324 e. The van der Waals surface area contributed by atoms with Crippen molar-refractivity contribution in [3.8, 4) is 11.4 Å². The monoisotopic (exact) mass is 418 g/mol. The normalized spacial score (nSPS) is 10.5. The molecule has 2 aromatic carbocycles. The highest BCUT2D eigenvalue weighted by atomic mass is 127. The van der Waals surface area contributed by atoms with E-state index in [0.717, 1.165) is 14.8 Å². The summed E-state index contributed by atoms with van der Waals surface area (Å²) in [4.78, 5) is 16.8. The molecular weight excluding hydrogens is 403 g/mol. The van der Waals surface area contributed by atoms with Crippen molar-refractivity contribution < 1.29 is 4.79 Å². The molecular formula is C17H15IN4O. The highest BCUT2D eigenvalue weighted by molar-refractivity contribution is 14.1. The molecule has 116 valence electrons. The number of hydrogen-bond acceptors (Lipinski definition) is 3. The molecule has 1 aromatic heterocycles. The van der Waals surface area contributed by atoms with Crippen LogP contribution in [0.3, 0.4) is 0 Å². The fourth-order valence-corrected chi connectivity index (χ4v) is 2.78. The highest BCUT2D eigenvalue weighted by Gasteiger charge is 2.13. The van der Waals surface area contributed by atoms with Crippen LogP contribution in [0.1, 0.15) is 5.82 Å². The standard InChI is InChI=1S/C17H15IN4O/c1-12-19-17(13-7-3-2-4-8-13)22(21-12)11-16(23)20-15-10-6-5-9-14(15)18/h2-10H,11H2,1H3,(H,20,23). The Morgan fingerprint density at radius 2 is 1.83 bits per heavy atom. The van der Waals surface area contributed by atoms with E-state index in [2.05, 4.69) is 38.0 Å². The lowest BCUT2D eigenvalue weighted by molar-refractivity contribution is -0.116. The van der Waals surface area contributed by atoms with E-state index in [1.807, 2.05) is 61.5 Å². The third-order valence-corrected chi connectivity index (χ3v) is 4.19. The van der Waals surface area contributed by atoms with E-state index in [1.165, 1.54) is 0 Å². The van der Waals surface area contributed by atoms with Crippen molar-refractivity contribution in [1.82, 2.24) is 14.8 Å².